The van der Waals surface area contributed by atoms with Crippen LogP contribution in [0.1, 0.15) is 41.3 Å². The molecule has 1 atom stereocenters. The van der Waals surface area contributed by atoms with Gasteiger partial charge in [-0.1, -0.05) is 54.6 Å². The molecule has 0 saturated carbocycles. The molecule has 2 aromatic carbocycles. The van der Waals surface area contributed by atoms with E-state index in [2.05, 4.69) is 17.1 Å². The van der Waals surface area contributed by atoms with Gasteiger partial charge in [-0.25, -0.2) is 4.79 Å². The van der Waals surface area contributed by atoms with Gasteiger partial charge in [0.05, 0.1) is 18.8 Å². The maximum atomic E-state index is 12.8. The third kappa shape index (κ3) is 4.96. The highest BCUT2D eigenvalue weighted by atomic mass is 16.5. The van der Waals surface area contributed by atoms with Crippen LogP contribution < -0.4 is 0 Å². The van der Waals surface area contributed by atoms with E-state index >= 15 is 0 Å². The number of allylic oxidation sites excluding steroid dienone is 2. The number of morpholine rings is 1. The highest BCUT2D eigenvalue weighted by Gasteiger charge is 2.23. The van der Waals surface area contributed by atoms with E-state index in [1.54, 1.807) is 12.1 Å². The molecule has 4 nitrogen and oxygen atoms in total. The molecule has 0 spiro atoms. The van der Waals surface area contributed by atoms with Crippen LogP contribution in [0.25, 0.3) is 0 Å². The van der Waals surface area contributed by atoms with Crippen molar-refractivity contribution in [3.63, 3.8) is 0 Å². The van der Waals surface area contributed by atoms with Crippen LogP contribution in [-0.4, -0.2) is 37.2 Å². The minimum absolute atomic E-state index is 0.302. The standard InChI is InChI=1S/C25H27NO3/c27-25(21-11-5-2-6-12-21)29-24(20-9-3-1-4-10-20)19-22-13-7-8-14-23(22)26-15-17-28-18-16-26/h1-6,9-12,14,19,24H,7-8,13,15-18H2/b22-19+/t24-/m1/s1. The highest BCUT2D eigenvalue weighted by molar-refractivity contribution is 5.89. The zero-order valence-corrected chi connectivity index (χ0v) is 16.6. The number of rotatable bonds is 5. The molecule has 1 saturated heterocycles. The SMILES string of the molecule is O=C(O[C@H](/C=C1\CCCC=C1N1CCOCC1)c1ccccc1)c1ccccc1. The quantitative estimate of drug-likeness (QED) is 0.681. The molecule has 150 valence electrons. The fourth-order valence-corrected chi connectivity index (χ4v) is 3.88. The molecule has 0 unspecified atom stereocenters. The Bertz CT molecular complexity index is 867. The minimum Gasteiger partial charge on any atom is -0.450 e. The number of esters is 1. The van der Waals surface area contributed by atoms with E-state index in [1.165, 1.54) is 11.3 Å². The number of ether oxygens (including phenoxy) is 2. The first kappa shape index (κ1) is 19.5. The van der Waals surface area contributed by atoms with Crippen LogP contribution in [0.3, 0.4) is 0 Å². The molecular weight excluding hydrogens is 362 g/mol. The molecule has 0 radical (unpaired) electrons. The summed E-state index contributed by atoms with van der Waals surface area (Å²) >= 11 is 0. The van der Waals surface area contributed by atoms with Crippen LogP contribution in [0.2, 0.25) is 0 Å². The fourth-order valence-electron chi connectivity index (χ4n) is 3.88. The summed E-state index contributed by atoms with van der Waals surface area (Å²) in [6.07, 6.45) is 7.24. The van der Waals surface area contributed by atoms with Gasteiger partial charge in [0.2, 0.25) is 0 Å². The minimum atomic E-state index is -0.415. The zero-order valence-electron chi connectivity index (χ0n) is 16.6. The predicted molar refractivity (Wildman–Crippen MR) is 113 cm³/mol. The average molecular weight is 389 g/mol. The van der Waals surface area contributed by atoms with Crippen molar-refractivity contribution in [2.24, 2.45) is 0 Å². The molecule has 1 aliphatic carbocycles. The summed E-state index contributed by atoms with van der Waals surface area (Å²) in [6, 6.07) is 19.2. The van der Waals surface area contributed by atoms with E-state index in [-0.39, 0.29) is 5.97 Å². The molecule has 29 heavy (non-hydrogen) atoms. The van der Waals surface area contributed by atoms with Gasteiger partial charge in [0.25, 0.3) is 0 Å². The second-order valence-corrected chi connectivity index (χ2v) is 7.38. The summed E-state index contributed by atoms with van der Waals surface area (Å²) < 4.78 is 11.5. The summed E-state index contributed by atoms with van der Waals surface area (Å²) in [6.45, 7) is 3.33. The largest absolute Gasteiger partial charge is 0.450 e. The molecule has 0 bridgehead atoms. The van der Waals surface area contributed by atoms with Crippen LogP contribution in [0, 0.1) is 0 Å². The maximum Gasteiger partial charge on any atom is 0.339 e. The van der Waals surface area contributed by atoms with Crippen molar-refractivity contribution in [1.29, 1.82) is 0 Å². The molecule has 2 aromatic rings. The van der Waals surface area contributed by atoms with Crippen LogP contribution in [0.5, 0.6) is 0 Å². The zero-order chi connectivity index (χ0) is 19.9. The van der Waals surface area contributed by atoms with Crippen LogP contribution in [0.15, 0.2) is 84.1 Å². The topological polar surface area (TPSA) is 38.8 Å². The molecule has 2 aliphatic rings. The van der Waals surface area contributed by atoms with Gasteiger partial charge >= 0.3 is 5.97 Å². The first-order valence-electron chi connectivity index (χ1n) is 10.4. The molecule has 1 aliphatic heterocycles. The van der Waals surface area contributed by atoms with Crippen LogP contribution in [-0.2, 0) is 9.47 Å². The number of hydrogen-bond acceptors (Lipinski definition) is 4. The number of hydrogen-bond donors (Lipinski definition) is 0. The van der Waals surface area contributed by atoms with Gasteiger partial charge in [-0.3, -0.25) is 0 Å². The lowest BCUT2D eigenvalue weighted by Gasteiger charge is -2.34. The van der Waals surface area contributed by atoms with E-state index in [0.29, 0.717) is 5.56 Å². The fraction of sp³-hybridized carbons (Fsp3) is 0.320. The molecule has 0 N–H and O–H groups in total. The Morgan fingerprint density at radius 3 is 2.41 bits per heavy atom. The Labute approximate surface area is 172 Å². The Balaban J connectivity index is 1.62. The lowest BCUT2D eigenvalue weighted by molar-refractivity contribution is 0.0388. The average Bonchev–Trinajstić information content (AvgIpc) is 2.80. The Kier molecular flexibility index (Phi) is 6.42. The number of benzene rings is 2. The van der Waals surface area contributed by atoms with Crippen molar-refractivity contribution in [2.45, 2.75) is 25.4 Å². The van der Waals surface area contributed by atoms with Crippen LogP contribution >= 0.6 is 0 Å². The Morgan fingerprint density at radius 2 is 1.69 bits per heavy atom. The maximum absolute atomic E-state index is 12.8. The molecule has 4 rings (SSSR count). The summed E-state index contributed by atoms with van der Waals surface area (Å²) in [7, 11) is 0. The smallest absolute Gasteiger partial charge is 0.339 e. The second-order valence-electron chi connectivity index (χ2n) is 7.38. The summed E-state index contributed by atoms with van der Waals surface area (Å²) in [5.41, 5.74) is 4.08. The monoisotopic (exact) mass is 389 g/mol. The Morgan fingerprint density at radius 1 is 1.00 bits per heavy atom. The van der Waals surface area contributed by atoms with Crippen molar-refractivity contribution in [3.8, 4) is 0 Å². The van der Waals surface area contributed by atoms with Gasteiger partial charge in [0, 0.05) is 18.8 Å². The van der Waals surface area contributed by atoms with E-state index in [4.69, 9.17) is 9.47 Å². The second kappa shape index (κ2) is 9.57. The molecule has 0 aromatic heterocycles. The van der Waals surface area contributed by atoms with Gasteiger partial charge in [-0.15, -0.1) is 0 Å². The first-order chi connectivity index (χ1) is 14.3. The predicted octanol–water partition coefficient (Wildman–Crippen LogP) is 4.91. The molecule has 1 fully saturated rings. The normalized spacial score (nSPS) is 19.5. The number of carbonyl (C=O) groups is 1. The number of nitrogens with zero attached hydrogens (tertiary/aromatic N) is 1. The third-order valence-electron chi connectivity index (χ3n) is 5.39. The summed E-state index contributed by atoms with van der Waals surface area (Å²) in [5.74, 6) is -0.302. The third-order valence-corrected chi connectivity index (χ3v) is 5.39. The Hall–Kier alpha value is -2.85. The van der Waals surface area contributed by atoms with Gasteiger partial charge in [0.15, 0.2) is 0 Å². The molecular formula is C25H27NO3. The summed E-state index contributed by atoms with van der Waals surface area (Å²) in [4.78, 5) is 15.2. The van der Waals surface area contributed by atoms with Crippen LogP contribution in [0.4, 0.5) is 0 Å². The van der Waals surface area contributed by atoms with E-state index in [9.17, 15) is 4.79 Å². The molecule has 4 heteroatoms. The molecule has 0 amide bonds. The molecule has 1 heterocycles. The lowest BCUT2D eigenvalue weighted by atomic mass is 9.94. The van der Waals surface area contributed by atoms with Crippen molar-refractivity contribution in [3.05, 3.63) is 95.2 Å². The van der Waals surface area contributed by atoms with Crippen molar-refractivity contribution < 1.29 is 14.3 Å². The van der Waals surface area contributed by atoms with Gasteiger partial charge in [-0.05, 0) is 48.6 Å². The summed E-state index contributed by atoms with van der Waals surface area (Å²) in [5, 5.41) is 0. The van der Waals surface area contributed by atoms with Crippen molar-refractivity contribution >= 4 is 5.97 Å². The van der Waals surface area contributed by atoms with E-state index in [0.717, 1.165) is 51.1 Å². The van der Waals surface area contributed by atoms with Gasteiger partial charge < -0.3 is 14.4 Å². The van der Waals surface area contributed by atoms with Crippen molar-refractivity contribution in [2.75, 3.05) is 26.3 Å². The first-order valence-corrected chi connectivity index (χ1v) is 10.4. The van der Waals surface area contributed by atoms with E-state index < -0.39 is 6.10 Å². The van der Waals surface area contributed by atoms with Gasteiger partial charge in [0.1, 0.15) is 6.10 Å². The highest BCUT2D eigenvalue weighted by Crippen LogP contribution is 2.32. The lowest BCUT2D eigenvalue weighted by Crippen LogP contribution is -2.36. The van der Waals surface area contributed by atoms with Crippen molar-refractivity contribution in [1.82, 2.24) is 4.90 Å². The van der Waals surface area contributed by atoms with Gasteiger partial charge in [-0.2, -0.15) is 0 Å². The van der Waals surface area contributed by atoms with E-state index in [1.807, 2.05) is 48.5 Å². The number of carbonyl (C=O) groups excluding carboxylic acids is 1.